The fourth-order valence-electron chi connectivity index (χ4n) is 3.82. The number of hydrogen-bond donors (Lipinski definition) is 1. The lowest BCUT2D eigenvalue weighted by molar-refractivity contribution is 0.293. The Hall–Kier alpha value is -1.49. The van der Waals surface area contributed by atoms with Crippen molar-refractivity contribution in [2.45, 2.75) is 38.6 Å². The zero-order chi connectivity index (χ0) is 16.9. The average Bonchev–Trinajstić information content (AvgIpc) is 2.63. The molecule has 5 heteroatoms. The molecule has 1 aliphatic carbocycles. The average molecular weight is 348 g/mol. The van der Waals surface area contributed by atoms with Gasteiger partial charge in [0.05, 0.1) is 12.8 Å². The number of piperazine rings is 1. The number of thiocarbonyl (C=S) groups is 1. The lowest BCUT2D eigenvalue weighted by Crippen LogP contribution is -2.54. The zero-order valence-electron chi connectivity index (χ0n) is 14.8. The molecule has 1 saturated carbocycles. The van der Waals surface area contributed by atoms with E-state index in [4.69, 9.17) is 17.0 Å². The second-order valence-electron chi connectivity index (χ2n) is 6.96. The van der Waals surface area contributed by atoms with Crippen LogP contribution in [0.2, 0.25) is 0 Å². The SMILES string of the molecule is COc1ccccc1N1CCN(C(=S)N[C@H]2CCCC[C@@H]2C)CC1. The number of anilines is 1. The third-order valence-corrected chi connectivity index (χ3v) is 5.79. The molecule has 2 fully saturated rings. The first-order valence-corrected chi connectivity index (χ1v) is 9.53. The van der Waals surface area contributed by atoms with Crippen molar-refractivity contribution in [2.24, 2.45) is 5.92 Å². The number of benzene rings is 1. The third-order valence-electron chi connectivity index (χ3n) is 5.41. The van der Waals surface area contributed by atoms with Crippen LogP contribution in [0.3, 0.4) is 0 Å². The Kier molecular flexibility index (Phi) is 5.82. The molecule has 1 heterocycles. The van der Waals surface area contributed by atoms with E-state index in [9.17, 15) is 0 Å². The van der Waals surface area contributed by atoms with Crippen molar-refractivity contribution in [3.05, 3.63) is 24.3 Å². The Labute approximate surface area is 151 Å². The molecule has 1 aromatic rings. The van der Waals surface area contributed by atoms with Crippen LogP contribution in [0.4, 0.5) is 5.69 Å². The maximum atomic E-state index is 5.68. The second kappa shape index (κ2) is 8.06. The van der Waals surface area contributed by atoms with Gasteiger partial charge in [0.1, 0.15) is 5.75 Å². The number of rotatable bonds is 3. The van der Waals surface area contributed by atoms with Gasteiger partial charge >= 0.3 is 0 Å². The summed E-state index contributed by atoms with van der Waals surface area (Å²) in [6.07, 6.45) is 5.26. The molecule has 0 unspecified atom stereocenters. The normalized spacial score (nSPS) is 24.6. The number of nitrogens with one attached hydrogen (secondary N) is 1. The second-order valence-corrected chi connectivity index (χ2v) is 7.35. The molecule has 1 N–H and O–H groups in total. The van der Waals surface area contributed by atoms with Crippen molar-refractivity contribution in [2.75, 3.05) is 38.2 Å². The lowest BCUT2D eigenvalue weighted by Gasteiger charge is -2.40. The molecular formula is C19H29N3OS. The van der Waals surface area contributed by atoms with Gasteiger partial charge in [-0.25, -0.2) is 0 Å². The van der Waals surface area contributed by atoms with E-state index in [1.165, 1.54) is 31.4 Å². The summed E-state index contributed by atoms with van der Waals surface area (Å²) in [7, 11) is 1.74. The highest BCUT2D eigenvalue weighted by Gasteiger charge is 2.25. The van der Waals surface area contributed by atoms with Crippen molar-refractivity contribution >= 4 is 23.0 Å². The molecule has 132 valence electrons. The van der Waals surface area contributed by atoms with Gasteiger partial charge in [-0.2, -0.15) is 0 Å². The van der Waals surface area contributed by atoms with Crippen LogP contribution in [0.5, 0.6) is 5.75 Å². The first-order valence-electron chi connectivity index (χ1n) is 9.12. The fourth-order valence-corrected chi connectivity index (χ4v) is 4.16. The van der Waals surface area contributed by atoms with Gasteiger partial charge in [-0.1, -0.05) is 31.9 Å². The predicted octanol–water partition coefficient (Wildman–Crippen LogP) is 3.27. The largest absolute Gasteiger partial charge is 0.495 e. The van der Waals surface area contributed by atoms with Crippen LogP contribution in [0.25, 0.3) is 0 Å². The van der Waals surface area contributed by atoms with Gasteiger partial charge in [-0.15, -0.1) is 0 Å². The van der Waals surface area contributed by atoms with E-state index in [2.05, 4.69) is 34.2 Å². The highest BCUT2D eigenvalue weighted by Crippen LogP contribution is 2.28. The van der Waals surface area contributed by atoms with Gasteiger partial charge in [0.15, 0.2) is 5.11 Å². The zero-order valence-corrected chi connectivity index (χ0v) is 15.6. The molecule has 0 spiro atoms. The summed E-state index contributed by atoms with van der Waals surface area (Å²) in [5.41, 5.74) is 1.18. The molecule has 3 rings (SSSR count). The quantitative estimate of drug-likeness (QED) is 0.847. The van der Waals surface area contributed by atoms with E-state index in [0.29, 0.717) is 6.04 Å². The molecule has 2 aliphatic rings. The topological polar surface area (TPSA) is 27.7 Å². The number of para-hydroxylation sites is 2. The first-order chi connectivity index (χ1) is 11.7. The molecule has 24 heavy (non-hydrogen) atoms. The molecule has 1 saturated heterocycles. The van der Waals surface area contributed by atoms with E-state index >= 15 is 0 Å². The van der Waals surface area contributed by atoms with E-state index in [-0.39, 0.29) is 0 Å². The summed E-state index contributed by atoms with van der Waals surface area (Å²) in [5, 5.41) is 4.57. The first kappa shape index (κ1) is 17.3. The van der Waals surface area contributed by atoms with Crippen molar-refractivity contribution < 1.29 is 4.74 Å². The smallest absolute Gasteiger partial charge is 0.169 e. The van der Waals surface area contributed by atoms with Crippen LogP contribution >= 0.6 is 12.2 Å². The number of nitrogens with zero attached hydrogens (tertiary/aromatic N) is 2. The minimum atomic E-state index is 0.554. The van der Waals surface area contributed by atoms with Gasteiger partial charge in [0.2, 0.25) is 0 Å². The molecule has 1 aromatic carbocycles. The Morgan fingerprint density at radius 1 is 1.12 bits per heavy atom. The monoisotopic (exact) mass is 347 g/mol. The molecule has 0 amide bonds. The highest BCUT2D eigenvalue weighted by atomic mass is 32.1. The summed E-state index contributed by atoms with van der Waals surface area (Å²) in [6, 6.07) is 8.80. The summed E-state index contributed by atoms with van der Waals surface area (Å²) in [4.78, 5) is 4.71. The van der Waals surface area contributed by atoms with Crippen LogP contribution in [0, 0.1) is 5.92 Å². The van der Waals surface area contributed by atoms with Gasteiger partial charge in [-0.3, -0.25) is 0 Å². The number of methoxy groups -OCH3 is 1. The standard InChI is InChI=1S/C19H29N3OS/c1-15-7-3-4-8-16(15)20-19(24)22-13-11-21(12-14-22)17-9-5-6-10-18(17)23-2/h5-6,9-10,15-16H,3-4,7-8,11-14H2,1-2H3,(H,20,24)/t15-,16-/m0/s1. The Balaban J connectivity index is 1.54. The van der Waals surface area contributed by atoms with Crippen LogP contribution in [0.15, 0.2) is 24.3 Å². The van der Waals surface area contributed by atoms with Gasteiger partial charge in [0, 0.05) is 32.2 Å². The Bertz CT molecular complexity index is 557. The van der Waals surface area contributed by atoms with Crippen LogP contribution < -0.4 is 15.0 Å². The summed E-state index contributed by atoms with van der Waals surface area (Å²) < 4.78 is 5.49. The maximum absolute atomic E-state index is 5.68. The van der Waals surface area contributed by atoms with Crippen LogP contribution in [-0.2, 0) is 0 Å². The van der Waals surface area contributed by atoms with Crippen molar-refractivity contribution in [3.63, 3.8) is 0 Å². The van der Waals surface area contributed by atoms with E-state index in [0.717, 1.165) is 43.0 Å². The van der Waals surface area contributed by atoms with Gasteiger partial charge in [-0.05, 0) is 43.1 Å². The molecule has 0 radical (unpaired) electrons. The molecular weight excluding hydrogens is 318 g/mol. The highest BCUT2D eigenvalue weighted by molar-refractivity contribution is 7.80. The maximum Gasteiger partial charge on any atom is 0.169 e. The molecule has 1 aliphatic heterocycles. The fraction of sp³-hybridized carbons (Fsp3) is 0.632. The minimum Gasteiger partial charge on any atom is -0.495 e. The van der Waals surface area contributed by atoms with Crippen molar-refractivity contribution in [3.8, 4) is 5.75 Å². The van der Waals surface area contributed by atoms with Crippen molar-refractivity contribution in [1.29, 1.82) is 0 Å². The molecule has 0 bridgehead atoms. The third kappa shape index (κ3) is 3.94. The van der Waals surface area contributed by atoms with E-state index in [1.54, 1.807) is 7.11 Å². The van der Waals surface area contributed by atoms with Crippen molar-refractivity contribution in [1.82, 2.24) is 10.2 Å². The molecule has 0 aromatic heterocycles. The molecule has 2 atom stereocenters. The van der Waals surface area contributed by atoms with Crippen LogP contribution in [0.1, 0.15) is 32.6 Å². The summed E-state index contributed by atoms with van der Waals surface area (Å²) in [6.45, 7) is 6.22. The molecule has 4 nitrogen and oxygen atoms in total. The number of hydrogen-bond acceptors (Lipinski definition) is 3. The van der Waals surface area contributed by atoms with Gasteiger partial charge < -0.3 is 19.9 Å². The predicted molar refractivity (Wildman–Crippen MR) is 104 cm³/mol. The van der Waals surface area contributed by atoms with E-state index in [1.807, 2.05) is 12.1 Å². The summed E-state index contributed by atoms with van der Waals surface area (Å²) in [5.74, 6) is 1.68. The van der Waals surface area contributed by atoms with Gasteiger partial charge in [0.25, 0.3) is 0 Å². The van der Waals surface area contributed by atoms with E-state index < -0.39 is 0 Å². The minimum absolute atomic E-state index is 0.554. The van der Waals surface area contributed by atoms with Crippen LogP contribution in [-0.4, -0.2) is 49.3 Å². The Morgan fingerprint density at radius 3 is 2.54 bits per heavy atom. The lowest BCUT2D eigenvalue weighted by atomic mass is 9.86. The number of ether oxygens (including phenoxy) is 1. The Morgan fingerprint density at radius 2 is 1.83 bits per heavy atom. The summed E-state index contributed by atoms with van der Waals surface area (Å²) >= 11 is 5.68.